The van der Waals surface area contributed by atoms with Gasteiger partial charge in [-0.05, 0) is 53.6 Å². The zero-order valence-corrected chi connectivity index (χ0v) is 13.2. The van der Waals surface area contributed by atoms with Gasteiger partial charge in [-0.2, -0.15) is 0 Å². The van der Waals surface area contributed by atoms with Crippen molar-refractivity contribution in [2.24, 2.45) is 5.73 Å². The molecule has 0 fully saturated rings. The Labute approximate surface area is 126 Å². The molecule has 2 aromatic carbocycles. The van der Waals surface area contributed by atoms with Gasteiger partial charge in [0.05, 0.1) is 0 Å². The van der Waals surface area contributed by atoms with Crippen molar-refractivity contribution < 1.29 is 0 Å². The lowest BCUT2D eigenvalue weighted by molar-refractivity contribution is 0.819. The Hall–Kier alpha value is -1.31. The molecule has 0 aromatic heterocycles. The summed E-state index contributed by atoms with van der Waals surface area (Å²) in [6, 6.07) is 12.8. The van der Waals surface area contributed by atoms with Gasteiger partial charge in [0.25, 0.3) is 0 Å². The first-order valence-corrected chi connectivity index (χ1v) is 7.61. The summed E-state index contributed by atoms with van der Waals surface area (Å²) in [5.41, 5.74) is 12.1. The van der Waals surface area contributed by atoms with E-state index in [4.69, 9.17) is 17.3 Å². The van der Waals surface area contributed by atoms with Crippen LogP contribution in [0.3, 0.4) is 0 Å². The lowest BCUT2D eigenvalue weighted by Crippen LogP contribution is -2.05. The van der Waals surface area contributed by atoms with Crippen LogP contribution in [0, 0.1) is 0 Å². The van der Waals surface area contributed by atoms with Crippen LogP contribution in [-0.4, -0.2) is 0 Å². The van der Waals surface area contributed by atoms with Crippen LogP contribution in [0.25, 0.3) is 11.1 Å². The van der Waals surface area contributed by atoms with Crippen LogP contribution in [-0.2, 0) is 12.8 Å². The minimum absolute atomic E-state index is 0.0368. The highest BCUT2D eigenvalue weighted by molar-refractivity contribution is 6.31. The van der Waals surface area contributed by atoms with E-state index in [0.29, 0.717) is 0 Å². The second-order valence-corrected chi connectivity index (χ2v) is 5.62. The van der Waals surface area contributed by atoms with Crippen LogP contribution in [0.4, 0.5) is 0 Å². The molecule has 0 aliphatic heterocycles. The number of aryl methyl sites for hydroxylation is 2. The fourth-order valence-electron chi connectivity index (χ4n) is 2.56. The fraction of sp³-hybridized carbons (Fsp3) is 0.333. The Balaban J connectivity index is 2.44. The first-order chi connectivity index (χ1) is 9.56. The SMILES string of the molecule is CCc1ccc(-c2ccc(C(C)N)c(Cl)c2)cc1CC. The number of benzene rings is 2. The van der Waals surface area contributed by atoms with E-state index >= 15 is 0 Å². The lowest BCUT2D eigenvalue weighted by Gasteiger charge is -2.12. The van der Waals surface area contributed by atoms with Crippen molar-refractivity contribution in [2.45, 2.75) is 39.7 Å². The molecule has 106 valence electrons. The Kier molecular flexibility index (Phi) is 4.85. The summed E-state index contributed by atoms with van der Waals surface area (Å²) in [5, 5.41) is 0.745. The zero-order valence-electron chi connectivity index (χ0n) is 12.4. The molecule has 0 spiro atoms. The number of halogens is 1. The van der Waals surface area contributed by atoms with E-state index in [1.807, 2.05) is 19.1 Å². The minimum Gasteiger partial charge on any atom is -0.324 e. The van der Waals surface area contributed by atoms with Gasteiger partial charge < -0.3 is 5.73 Å². The van der Waals surface area contributed by atoms with Gasteiger partial charge in [-0.1, -0.05) is 55.8 Å². The summed E-state index contributed by atoms with van der Waals surface area (Å²) in [5.74, 6) is 0. The van der Waals surface area contributed by atoms with Crippen LogP contribution in [0.2, 0.25) is 5.02 Å². The van der Waals surface area contributed by atoms with Gasteiger partial charge in [0.15, 0.2) is 0 Å². The van der Waals surface area contributed by atoms with Gasteiger partial charge in [-0.15, -0.1) is 0 Å². The summed E-state index contributed by atoms with van der Waals surface area (Å²) in [6.45, 7) is 6.35. The van der Waals surface area contributed by atoms with Gasteiger partial charge >= 0.3 is 0 Å². The third kappa shape index (κ3) is 3.05. The first-order valence-electron chi connectivity index (χ1n) is 7.24. The zero-order chi connectivity index (χ0) is 14.7. The van der Waals surface area contributed by atoms with E-state index in [2.05, 4.69) is 38.1 Å². The summed E-state index contributed by atoms with van der Waals surface area (Å²) < 4.78 is 0. The molecule has 0 amide bonds. The van der Waals surface area contributed by atoms with Crippen LogP contribution in [0.5, 0.6) is 0 Å². The first kappa shape index (κ1) is 15.1. The molecule has 1 nitrogen and oxygen atoms in total. The molecule has 1 unspecified atom stereocenters. The van der Waals surface area contributed by atoms with Crippen molar-refractivity contribution in [2.75, 3.05) is 0 Å². The van der Waals surface area contributed by atoms with Crippen LogP contribution < -0.4 is 5.73 Å². The van der Waals surface area contributed by atoms with Crippen molar-refractivity contribution in [3.63, 3.8) is 0 Å². The quantitative estimate of drug-likeness (QED) is 0.827. The Bertz CT molecular complexity index is 602. The molecule has 1 atom stereocenters. The van der Waals surface area contributed by atoms with Crippen molar-refractivity contribution in [3.8, 4) is 11.1 Å². The highest BCUT2D eigenvalue weighted by Gasteiger charge is 2.08. The fourth-order valence-corrected chi connectivity index (χ4v) is 2.91. The van der Waals surface area contributed by atoms with E-state index in [9.17, 15) is 0 Å². The van der Waals surface area contributed by atoms with E-state index in [1.54, 1.807) is 0 Å². The Morgan fingerprint density at radius 3 is 2.10 bits per heavy atom. The minimum atomic E-state index is -0.0368. The van der Waals surface area contributed by atoms with Gasteiger partial charge in [-0.3, -0.25) is 0 Å². The monoisotopic (exact) mass is 287 g/mol. The van der Waals surface area contributed by atoms with Gasteiger partial charge in [0.2, 0.25) is 0 Å². The smallest absolute Gasteiger partial charge is 0.0459 e. The van der Waals surface area contributed by atoms with Crippen molar-refractivity contribution in [1.82, 2.24) is 0 Å². The molecule has 0 radical (unpaired) electrons. The van der Waals surface area contributed by atoms with E-state index in [-0.39, 0.29) is 6.04 Å². The van der Waals surface area contributed by atoms with Crippen molar-refractivity contribution >= 4 is 11.6 Å². The number of hydrogen-bond acceptors (Lipinski definition) is 1. The van der Waals surface area contributed by atoms with Gasteiger partial charge in [0, 0.05) is 11.1 Å². The van der Waals surface area contributed by atoms with E-state index < -0.39 is 0 Å². The molecule has 0 heterocycles. The van der Waals surface area contributed by atoms with Crippen LogP contribution >= 0.6 is 11.6 Å². The predicted octanol–water partition coefficient (Wildman–Crippen LogP) is 5.15. The van der Waals surface area contributed by atoms with Crippen LogP contribution in [0.15, 0.2) is 36.4 Å². The summed E-state index contributed by atoms with van der Waals surface area (Å²) in [7, 11) is 0. The Morgan fingerprint density at radius 2 is 1.55 bits per heavy atom. The average Bonchev–Trinajstić information content (AvgIpc) is 2.45. The Morgan fingerprint density at radius 1 is 0.950 bits per heavy atom. The molecular formula is C18H22ClN. The normalized spacial score (nSPS) is 12.4. The van der Waals surface area contributed by atoms with E-state index in [0.717, 1.165) is 29.0 Å². The molecular weight excluding hydrogens is 266 g/mol. The third-order valence-electron chi connectivity index (χ3n) is 3.79. The molecule has 2 N–H and O–H groups in total. The molecule has 0 aliphatic carbocycles. The topological polar surface area (TPSA) is 26.0 Å². The molecule has 0 aliphatic rings. The maximum absolute atomic E-state index is 6.33. The summed E-state index contributed by atoms with van der Waals surface area (Å²) >= 11 is 6.33. The average molecular weight is 288 g/mol. The van der Waals surface area contributed by atoms with Crippen molar-refractivity contribution in [1.29, 1.82) is 0 Å². The number of hydrogen-bond donors (Lipinski definition) is 1. The number of nitrogens with two attached hydrogens (primary N) is 1. The molecule has 2 heteroatoms. The number of rotatable bonds is 4. The standard InChI is InChI=1S/C18H22ClN/c1-4-13-6-7-15(10-14(13)5-2)16-8-9-17(12(3)20)18(19)11-16/h6-12H,4-5,20H2,1-3H3. The second-order valence-electron chi connectivity index (χ2n) is 5.22. The highest BCUT2D eigenvalue weighted by Crippen LogP contribution is 2.29. The van der Waals surface area contributed by atoms with Gasteiger partial charge in [-0.25, -0.2) is 0 Å². The highest BCUT2D eigenvalue weighted by atomic mass is 35.5. The lowest BCUT2D eigenvalue weighted by atomic mass is 9.95. The summed E-state index contributed by atoms with van der Waals surface area (Å²) in [6.07, 6.45) is 2.14. The molecule has 0 bridgehead atoms. The molecule has 0 saturated heterocycles. The van der Waals surface area contributed by atoms with Gasteiger partial charge in [0.1, 0.15) is 0 Å². The van der Waals surface area contributed by atoms with Crippen LogP contribution in [0.1, 0.15) is 43.5 Å². The molecule has 0 saturated carbocycles. The molecule has 20 heavy (non-hydrogen) atoms. The van der Waals surface area contributed by atoms with Crippen molar-refractivity contribution in [3.05, 3.63) is 58.1 Å². The molecule has 2 rings (SSSR count). The third-order valence-corrected chi connectivity index (χ3v) is 4.12. The summed E-state index contributed by atoms with van der Waals surface area (Å²) in [4.78, 5) is 0. The molecule has 2 aromatic rings. The largest absolute Gasteiger partial charge is 0.324 e. The predicted molar refractivity (Wildman–Crippen MR) is 88.2 cm³/mol. The second kappa shape index (κ2) is 6.43. The maximum atomic E-state index is 6.33. The van der Waals surface area contributed by atoms with E-state index in [1.165, 1.54) is 16.7 Å². The maximum Gasteiger partial charge on any atom is 0.0459 e.